The average Bonchev–Trinajstić information content (AvgIpc) is 2.79. The van der Waals surface area contributed by atoms with Gasteiger partial charge >= 0.3 is 0 Å². The Balaban J connectivity index is 2.05. The van der Waals surface area contributed by atoms with Crippen LogP contribution in [0.5, 0.6) is 0 Å². The van der Waals surface area contributed by atoms with Crippen LogP contribution in [0.2, 0.25) is 0 Å². The lowest BCUT2D eigenvalue weighted by Crippen LogP contribution is -2.35. The van der Waals surface area contributed by atoms with Gasteiger partial charge in [-0.15, -0.1) is 0 Å². The van der Waals surface area contributed by atoms with Gasteiger partial charge in [0.2, 0.25) is 0 Å². The fourth-order valence-corrected chi connectivity index (χ4v) is 2.09. The molecule has 0 spiro atoms. The molecule has 0 radical (unpaired) electrons. The van der Waals surface area contributed by atoms with Crippen LogP contribution in [-0.4, -0.2) is 56.1 Å². The van der Waals surface area contributed by atoms with Crippen molar-refractivity contribution in [1.82, 2.24) is 15.1 Å². The molecule has 19 heavy (non-hydrogen) atoms. The van der Waals surface area contributed by atoms with Crippen molar-refractivity contribution in [2.75, 3.05) is 46.3 Å². The fourth-order valence-electron chi connectivity index (χ4n) is 2.09. The van der Waals surface area contributed by atoms with Crippen LogP contribution < -0.4 is 5.32 Å². The highest BCUT2D eigenvalue weighted by molar-refractivity contribution is 5.05. The number of furan rings is 1. The number of rotatable bonds is 10. The second-order valence-corrected chi connectivity index (χ2v) is 5.03. The fraction of sp³-hybridized carbons (Fsp3) is 0.733. The summed E-state index contributed by atoms with van der Waals surface area (Å²) >= 11 is 0. The van der Waals surface area contributed by atoms with Crippen molar-refractivity contribution < 1.29 is 4.42 Å². The molecular weight excluding hydrogens is 238 g/mol. The van der Waals surface area contributed by atoms with Crippen LogP contribution in [0.1, 0.15) is 25.4 Å². The highest BCUT2D eigenvalue weighted by atomic mass is 16.3. The molecule has 0 fully saturated rings. The molecule has 0 aliphatic carbocycles. The van der Waals surface area contributed by atoms with Gasteiger partial charge in [0.05, 0.1) is 6.54 Å². The van der Waals surface area contributed by atoms with Gasteiger partial charge < -0.3 is 14.6 Å². The minimum Gasteiger partial charge on any atom is -0.465 e. The van der Waals surface area contributed by atoms with Crippen LogP contribution in [0.3, 0.4) is 0 Å². The predicted octanol–water partition coefficient (Wildman–Crippen LogP) is 1.95. The van der Waals surface area contributed by atoms with Crippen molar-refractivity contribution in [2.24, 2.45) is 0 Å². The van der Waals surface area contributed by atoms with E-state index >= 15 is 0 Å². The lowest BCUT2D eigenvalue weighted by Gasteiger charge is -2.19. The van der Waals surface area contributed by atoms with Gasteiger partial charge in [-0.2, -0.15) is 0 Å². The molecule has 4 nitrogen and oxygen atoms in total. The van der Waals surface area contributed by atoms with Gasteiger partial charge in [-0.25, -0.2) is 0 Å². The molecule has 0 aliphatic rings. The lowest BCUT2D eigenvalue weighted by atomic mass is 10.4. The molecule has 4 heteroatoms. The zero-order chi connectivity index (χ0) is 14.1. The highest BCUT2D eigenvalue weighted by Gasteiger charge is 2.03. The van der Waals surface area contributed by atoms with Crippen LogP contribution in [0.4, 0.5) is 0 Å². The van der Waals surface area contributed by atoms with Crippen LogP contribution >= 0.6 is 0 Å². The van der Waals surface area contributed by atoms with Crippen molar-refractivity contribution in [3.05, 3.63) is 23.7 Å². The Hall–Kier alpha value is -0.840. The SMILES string of the molecule is CCN(CC)CCNCCN(C)Cc1ccc(C)o1. The van der Waals surface area contributed by atoms with Crippen molar-refractivity contribution in [1.29, 1.82) is 0 Å². The van der Waals surface area contributed by atoms with Gasteiger partial charge in [0.1, 0.15) is 11.5 Å². The largest absolute Gasteiger partial charge is 0.465 e. The number of likely N-dealkylation sites (N-methyl/N-ethyl adjacent to an activating group) is 2. The molecule has 0 aromatic carbocycles. The minimum atomic E-state index is 0.881. The van der Waals surface area contributed by atoms with Crippen LogP contribution in [0.25, 0.3) is 0 Å². The molecule has 0 saturated heterocycles. The maximum atomic E-state index is 5.57. The second-order valence-electron chi connectivity index (χ2n) is 5.03. The summed E-state index contributed by atoms with van der Waals surface area (Å²) in [7, 11) is 2.13. The van der Waals surface area contributed by atoms with Crippen molar-refractivity contribution >= 4 is 0 Å². The topological polar surface area (TPSA) is 31.6 Å². The summed E-state index contributed by atoms with van der Waals surface area (Å²) in [6.07, 6.45) is 0. The van der Waals surface area contributed by atoms with Crippen LogP contribution in [0.15, 0.2) is 16.5 Å². The maximum absolute atomic E-state index is 5.57. The van der Waals surface area contributed by atoms with Crippen molar-refractivity contribution in [3.8, 4) is 0 Å². The van der Waals surface area contributed by atoms with E-state index in [9.17, 15) is 0 Å². The van der Waals surface area contributed by atoms with Gasteiger partial charge in [0, 0.05) is 26.2 Å². The Kier molecular flexibility index (Phi) is 7.79. The third-order valence-electron chi connectivity index (χ3n) is 3.39. The summed E-state index contributed by atoms with van der Waals surface area (Å²) in [5.74, 6) is 2.03. The third-order valence-corrected chi connectivity index (χ3v) is 3.39. The summed E-state index contributed by atoms with van der Waals surface area (Å²) in [6, 6.07) is 4.07. The van der Waals surface area contributed by atoms with Gasteiger partial charge in [-0.1, -0.05) is 13.8 Å². The lowest BCUT2D eigenvalue weighted by molar-refractivity contribution is 0.278. The highest BCUT2D eigenvalue weighted by Crippen LogP contribution is 2.07. The maximum Gasteiger partial charge on any atom is 0.118 e. The normalized spacial score (nSPS) is 11.7. The first-order valence-electron chi connectivity index (χ1n) is 7.32. The zero-order valence-corrected chi connectivity index (χ0v) is 12.9. The standard InChI is InChI=1S/C15H29N3O/c1-5-18(6-2)12-10-16-9-11-17(4)13-15-8-7-14(3)19-15/h7-8,16H,5-6,9-13H2,1-4H3. The first-order chi connectivity index (χ1) is 9.15. The number of nitrogens with one attached hydrogen (secondary N) is 1. The van der Waals surface area contributed by atoms with Crippen LogP contribution in [-0.2, 0) is 6.54 Å². The molecule has 0 saturated carbocycles. The molecule has 1 aromatic heterocycles. The van der Waals surface area contributed by atoms with E-state index in [0.717, 1.165) is 57.3 Å². The van der Waals surface area contributed by atoms with Crippen molar-refractivity contribution in [3.63, 3.8) is 0 Å². The van der Waals surface area contributed by atoms with E-state index in [1.54, 1.807) is 0 Å². The quantitative estimate of drug-likeness (QED) is 0.657. The second kappa shape index (κ2) is 9.13. The summed E-state index contributed by atoms with van der Waals surface area (Å²) in [6.45, 7) is 13.8. The van der Waals surface area contributed by atoms with Gasteiger partial charge in [0.15, 0.2) is 0 Å². The third kappa shape index (κ3) is 6.76. The van der Waals surface area contributed by atoms with E-state index in [0.29, 0.717) is 0 Å². The molecular formula is C15H29N3O. The zero-order valence-electron chi connectivity index (χ0n) is 12.9. The molecule has 0 aliphatic heterocycles. The van der Waals surface area contributed by atoms with Crippen molar-refractivity contribution in [2.45, 2.75) is 27.3 Å². The summed E-state index contributed by atoms with van der Waals surface area (Å²) in [5, 5.41) is 3.49. The Bertz CT molecular complexity index is 334. The predicted molar refractivity (Wildman–Crippen MR) is 80.4 cm³/mol. The summed E-state index contributed by atoms with van der Waals surface area (Å²) in [5.41, 5.74) is 0. The molecule has 1 rings (SSSR count). The molecule has 1 aromatic rings. The monoisotopic (exact) mass is 267 g/mol. The summed E-state index contributed by atoms with van der Waals surface area (Å²) in [4.78, 5) is 4.71. The van der Waals surface area contributed by atoms with E-state index in [-0.39, 0.29) is 0 Å². The number of hydrogen-bond acceptors (Lipinski definition) is 4. The van der Waals surface area contributed by atoms with Gasteiger partial charge in [0.25, 0.3) is 0 Å². The summed E-state index contributed by atoms with van der Waals surface area (Å²) < 4.78 is 5.57. The Morgan fingerprint density at radius 3 is 2.37 bits per heavy atom. The molecule has 110 valence electrons. The first-order valence-corrected chi connectivity index (χ1v) is 7.32. The van der Waals surface area contributed by atoms with Gasteiger partial charge in [-0.05, 0) is 39.2 Å². The Labute approximate surface area is 117 Å². The molecule has 0 unspecified atom stereocenters. The number of aryl methyl sites for hydroxylation is 1. The van der Waals surface area contributed by atoms with E-state index < -0.39 is 0 Å². The number of hydrogen-bond donors (Lipinski definition) is 1. The molecule has 0 amide bonds. The smallest absolute Gasteiger partial charge is 0.118 e. The van der Waals surface area contributed by atoms with E-state index in [2.05, 4.69) is 42.1 Å². The molecule has 0 atom stereocenters. The number of nitrogens with zero attached hydrogens (tertiary/aromatic N) is 2. The Morgan fingerprint density at radius 2 is 1.79 bits per heavy atom. The minimum absolute atomic E-state index is 0.881. The average molecular weight is 267 g/mol. The van der Waals surface area contributed by atoms with Gasteiger partial charge in [-0.3, -0.25) is 4.90 Å². The molecule has 1 heterocycles. The van der Waals surface area contributed by atoms with E-state index in [1.165, 1.54) is 0 Å². The molecule has 0 bridgehead atoms. The Morgan fingerprint density at radius 1 is 1.11 bits per heavy atom. The van der Waals surface area contributed by atoms with E-state index in [4.69, 9.17) is 4.42 Å². The first kappa shape index (κ1) is 16.2. The molecule has 1 N–H and O–H groups in total. The van der Waals surface area contributed by atoms with Crippen LogP contribution in [0, 0.1) is 6.92 Å². The van der Waals surface area contributed by atoms with E-state index in [1.807, 2.05) is 13.0 Å².